The number of nitrogens with one attached hydrogen (secondary N) is 1. The first-order valence-electron chi connectivity index (χ1n) is 8.46. The molecule has 4 heteroatoms. The fourth-order valence-corrected chi connectivity index (χ4v) is 3.48. The Kier molecular flexibility index (Phi) is 3.82. The highest BCUT2D eigenvalue weighted by Gasteiger charge is 2.25. The molecule has 3 N–H and O–H groups in total. The SMILES string of the molecule is CC1CNCCN1c1nc2ccccc2c(N)c1-c1ccccc1. The molecule has 122 valence electrons. The van der Waals surface area contributed by atoms with Crippen molar-refractivity contribution in [1.29, 1.82) is 0 Å². The van der Waals surface area contributed by atoms with Crippen molar-refractivity contribution in [1.82, 2.24) is 10.3 Å². The van der Waals surface area contributed by atoms with Crippen molar-refractivity contribution in [2.24, 2.45) is 0 Å². The molecule has 24 heavy (non-hydrogen) atoms. The zero-order valence-corrected chi connectivity index (χ0v) is 13.9. The Morgan fingerprint density at radius 3 is 2.62 bits per heavy atom. The van der Waals surface area contributed by atoms with Crippen LogP contribution < -0.4 is 16.0 Å². The number of nitrogens with zero attached hydrogens (tertiary/aromatic N) is 2. The van der Waals surface area contributed by atoms with Gasteiger partial charge in [0.15, 0.2) is 0 Å². The van der Waals surface area contributed by atoms with Crippen LogP contribution in [0, 0.1) is 0 Å². The van der Waals surface area contributed by atoms with Crippen LogP contribution in [0.4, 0.5) is 11.5 Å². The molecule has 0 amide bonds. The van der Waals surface area contributed by atoms with E-state index in [9.17, 15) is 0 Å². The lowest BCUT2D eigenvalue weighted by atomic mass is 10.00. The number of benzene rings is 2. The van der Waals surface area contributed by atoms with Crippen LogP contribution >= 0.6 is 0 Å². The van der Waals surface area contributed by atoms with E-state index in [0.29, 0.717) is 6.04 Å². The third-order valence-electron chi connectivity index (χ3n) is 4.75. The molecule has 1 aromatic heterocycles. The third-order valence-corrected chi connectivity index (χ3v) is 4.75. The van der Waals surface area contributed by atoms with Crippen molar-refractivity contribution in [3.8, 4) is 11.1 Å². The maximum atomic E-state index is 6.62. The second-order valence-electron chi connectivity index (χ2n) is 6.35. The van der Waals surface area contributed by atoms with Crippen molar-refractivity contribution in [2.45, 2.75) is 13.0 Å². The van der Waals surface area contributed by atoms with E-state index in [0.717, 1.165) is 53.2 Å². The number of hydrogen-bond donors (Lipinski definition) is 2. The van der Waals surface area contributed by atoms with E-state index in [1.165, 1.54) is 0 Å². The third kappa shape index (κ3) is 2.49. The molecule has 2 aromatic carbocycles. The Morgan fingerprint density at radius 1 is 1.08 bits per heavy atom. The molecule has 1 unspecified atom stereocenters. The molecule has 3 aromatic rings. The lowest BCUT2D eigenvalue weighted by Crippen LogP contribution is -2.50. The summed E-state index contributed by atoms with van der Waals surface area (Å²) in [6.07, 6.45) is 0. The van der Waals surface area contributed by atoms with Crippen molar-refractivity contribution < 1.29 is 0 Å². The first-order valence-corrected chi connectivity index (χ1v) is 8.46. The van der Waals surface area contributed by atoms with Gasteiger partial charge in [-0.05, 0) is 18.6 Å². The number of hydrogen-bond acceptors (Lipinski definition) is 4. The molecular formula is C20H22N4. The predicted octanol–water partition coefficient (Wildman–Crippen LogP) is 3.28. The summed E-state index contributed by atoms with van der Waals surface area (Å²) < 4.78 is 0. The molecule has 0 aliphatic carbocycles. The number of fused-ring (bicyclic) bond motifs is 1. The summed E-state index contributed by atoms with van der Waals surface area (Å²) >= 11 is 0. The van der Waals surface area contributed by atoms with Crippen molar-refractivity contribution in [3.05, 3.63) is 54.6 Å². The number of aromatic nitrogens is 1. The lowest BCUT2D eigenvalue weighted by molar-refractivity contribution is 0.498. The van der Waals surface area contributed by atoms with E-state index < -0.39 is 0 Å². The molecule has 1 atom stereocenters. The smallest absolute Gasteiger partial charge is 0.139 e. The highest BCUT2D eigenvalue weighted by molar-refractivity contribution is 6.02. The minimum Gasteiger partial charge on any atom is -0.398 e. The summed E-state index contributed by atoms with van der Waals surface area (Å²) in [4.78, 5) is 7.38. The van der Waals surface area contributed by atoms with Crippen LogP contribution in [0.2, 0.25) is 0 Å². The summed E-state index contributed by atoms with van der Waals surface area (Å²) in [6, 6.07) is 18.9. The Balaban J connectivity index is 1.99. The van der Waals surface area contributed by atoms with Gasteiger partial charge in [-0.25, -0.2) is 4.98 Å². The van der Waals surface area contributed by atoms with Gasteiger partial charge in [-0.1, -0.05) is 48.5 Å². The van der Waals surface area contributed by atoms with Gasteiger partial charge in [0.05, 0.1) is 11.2 Å². The number of anilines is 2. The molecule has 1 fully saturated rings. The highest BCUT2D eigenvalue weighted by atomic mass is 15.3. The molecule has 0 saturated carbocycles. The summed E-state index contributed by atoms with van der Waals surface area (Å²) in [7, 11) is 0. The lowest BCUT2D eigenvalue weighted by Gasteiger charge is -2.36. The van der Waals surface area contributed by atoms with Gasteiger partial charge in [0.1, 0.15) is 5.82 Å². The minimum atomic E-state index is 0.384. The van der Waals surface area contributed by atoms with Gasteiger partial charge in [-0.3, -0.25) is 0 Å². The molecule has 0 radical (unpaired) electrons. The van der Waals surface area contributed by atoms with Gasteiger partial charge in [-0.15, -0.1) is 0 Å². The van der Waals surface area contributed by atoms with Crippen molar-refractivity contribution in [3.63, 3.8) is 0 Å². The molecule has 4 rings (SSSR count). The van der Waals surface area contributed by atoms with Crippen LogP contribution in [0.1, 0.15) is 6.92 Å². The number of piperazine rings is 1. The molecule has 0 spiro atoms. The van der Waals surface area contributed by atoms with E-state index in [-0.39, 0.29) is 0 Å². The zero-order valence-electron chi connectivity index (χ0n) is 13.9. The van der Waals surface area contributed by atoms with E-state index in [1.807, 2.05) is 24.3 Å². The Bertz CT molecular complexity index is 860. The highest BCUT2D eigenvalue weighted by Crippen LogP contribution is 2.39. The second kappa shape index (κ2) is 6.13. The molecule has 2 heterocycles. The summed E-state index contributed by atoms with van der Waals surface area (Å²) in [5, 5.41) is 4.46. The van der Waals surface area contributed by atoms with Crippen LogP contribution in [0.3, 0.4) is 0 Å². The zero-order chi connectivity index (χ0) is 16.5. The number of rotatable bonds is 2. The van der Waals surface area contributed by atoms with Crippen molar-refractivity contribution in [2.75, 3.05) is 30.3 Å². The standard InChI is InChI=1S/C20H22N4/c1-14-13-22-11-12-24(14)20-18(15-7-3-2-4-8-15)19(21)16-9-5-6-10-17(16)23-20/h2-10,14,22H,11-13H2,1H3,(H2,21,23). The molecule has 1 aliphatic heterocycles. The summed E-state index contributed by atoms with van der Waals surface area (Å²) in [6.45, 7) is 5.09. The van der Waals surface area contributed by atoms with E-state index in [1.54, 1.807) is 0 Å². The topological polar surface area (TPSA) is 54.2 Å². The number of nitrogen functional groups attached to an aromatic ring is 1. The first kappa shape index (κ1) is 15.0. The summed E-state index contributed by atoms with van der Waals surface area (Å²) in [5.41, 5.74) is 10.6. The van der Waals surface area contributed by atoms with Gasteiger partial charge >= 0.3 is 0 Å². The van der Waals surface area contributed by atoms with Gasteiger partial charge < -0.3 is 16.0 Å². The largest absolute Gasteiger partial charge is 0.398 e. The van der Waals surface area contributed by atoms with Crippen LogP contribution in [0.15, 0.2) is 54.6 Å². The Labute approximate surface area is 142 Å². The fraction of sp³-hybridized carbons (Fsp3) is 0.250. The molecule has 0 bridgehead atoms. The average Bonchev–Trinajstić information content (AvgIpc) is 2.63. The maximum absolute atomic E-state index is 6.62. The average molecular weight is 318 g/mol. The second-order valence-corrected chi connectivity index (χ2v) is 6.35. The quantitative estimate of drug-likeness (QED) is 0.761. The molecule has 4 nitrogen and oxygen atoms in total. The molecule has 1 aliphatic rings. The van der Waals surface area contributed by atoms with Gasteiger partial charge in [-0.2, -0.15) is 0 Å². The molecule has 1 saturated heterocycles. The Morgan fingerprint density at radius 2 is 1.83 bits per heavy atom. The van der Waals surface area contributed by atoms with E-state index >= 15 is 0 Å². The maximum Gasteiger partial charge on any atom is 0.139 e. The van der Waals surface area contributed by atoms with Crippen molar-refractivity contribution >= 4 is 22.4 Å². The van der Waals surface area contributed by atoms with E-state index in [4.69, 9.17) is 10.7 Å². The predicted molar refractivity (Wildman–Crippen MR) is 101 cm³/mol. The van der Waals surface area contributed by atoms with Crippen LogP contribution in [0.5, 0.6) is 0 Å². The van der Waals surface area contributed by atoms with Gasteiger partial charge in [0.2, 0.25) is 0 Å². The number of para-hydroxylation sites is 1. The first-order chi connectivity index (χ1) is 11.8. The van der Waals surface area contributed by atoms with Crippen LogP contribution in [-0.4, -0.2) is 30.7 Å². The minimum absolute atomic E-state index is 0.384. The monoisotopic (exact) mass is 318 g/mol. The fourth-order valence-electron chi connectivity index (χ4n) is 3.48. The van der Waals surface area contributed by atoms with Crippen LogP contribution in [-0.2, 0) is 0 Å². The van der Waals surface area contributed by atoms with E-state index in [2.05, 4.69) is 47.5 Å². The molecular weight excluding hydrogens is 296 g/mol. The number of nitrogens with two attached hydrogens (primary N) is 1. The number of pyridine rings is 1. The van der Waals surface area contributed by atoms with Gasteiger partial charge in [0.25, 0.3) is 0 Å². The van der Waals surface area contributed by atoms with Crippen LogP contribution in [0.25, 0.3) is 22.0 Å². The Hall–Kier alpha value is -2.59. The normalized spacial score (nSPS) is 18.0. The van der Waals surface area contributed by atoms with Gasteiger partial charge in [0, 0.05) is 36.6 Å². The summed E-state index contributed by atoms with van der Waals surface area (Å²) in [5.74, 6) is 0.992.